The van der Waals surface area contributed by atoms with Crippen LogP contribution >= 0.6 is 0 Å². The first-order valence-corrected chi connectivity index (χ1v) is 6.50. The molecule has 1 aliphatic rings. The van der Waals surface area contributed by atoms with Gasteiger partial charge in [0.25, 0.3) is 0 Å². The maximum absolute atomic E-state index is 4.73. The lowest BCUT2D eigenvalue weighted by Gasteiger charge is -2.16. The fourth-order valence-corrected chi connectivity index (χ4v) is 2.59. The third-order valence-corrected chi connectivity index (χ3v) is 3.51. The number of para-hydroxylation sites is 1. The minimum atomic E-state index is 0.950. The van der Waals surface area contributed by atoms with Crippen molar-refractivity contribution in [3.63, 3.8) is 0 Å². The lowest BCUT2D eigenvalue weighted by molar-refractivity contribution is 0.927. The highest BCUT2D eigenvalue weighted by Crippen LogP contribution is 2.29. The molecule has 0 aliphatic carbocycles. The second-order valence-corrected chi connectivity index (χ2v) is 4.73. The van der Waals surface area contributed by atoms with Crippen molar-refractivity contribution < 1.29 is 0 Å². The second kappa shape index (κ2) is 4.05. The van der Waals surface area contributed by atoms with Crippen LogP contribution in [0.25, 0.3) is 21.8 Å². The SMILES string of the molecule is C1=NN(c2cccc3nc4ccccc4cc23)CC1. The van der Waals surface area contributed by atoms with Gasteiger partial charge in [-0.2, -0.15) is 5.10 Å². The molecule has 2 aromatic carbocycles. The van der Waals surface area contributed by atoms with Crippen molar-refractivity contribution in [2.24, 2.45) is 5.10 Å². The molecule has 0 radical (unpaired) electrons. The molecule has 3 heteroatoms. The maximum atomic E-state index is 4.73. The van der Waals surface area contributed by atoms with E-state index in [0.29, 0.717) is 0 Å². The van der Waals surface area contributed by atoms with Gasteiger partial charge in [-0.1, -0.05) is 24.3 Å². The van der Waals surface area contributed by atoms with Gasteiger partial charge in [0.15, 0.2) is 0 Å². The van der Waals surface area contributed by atoms with Gasteiger partial charge in [0.05, 0.1) is 16.7 Å². The molecule has 0 spiro atoms. The Kier molecular flexibility index (Phi) is 2.24. The van der Waals surface area contributed by atoms with E-state index >= 15 is 0 Å². The quantitative estimate of drug-likeness (QED) is 0.615. The summed E-state index contributed by atoms with van der Waals surface area (Å²) < 4.78 is 0. The molecule has 19 heavy (non-hydrogen) atoms. The molecule has 0 N–H and O–H groups in total. The molecule has 92 valence electrons. The molecule has 3 nitrogen and oxygen atoms in total. The Morgan fingerprint density at radius 1 is 0.947 bits per heavy atom. The summed E-state index contributed by atoms with van der Waals surface area (Å²) in [6, 6.07) is 16.7. The highest BCUT2D eigenvalue weighted by Gasteiger charge is 2.12. The summed E-state index contributed by atoms with van der Waals surface area (Å²) in [5, 5.41) is 8.81. The summed E-state index contributed by atoms with van der Waals surface area (Å²) in [6.45, 7) is 0.950. The molecule has 0 saturated carbocycles. The standard InChI is InChI=1S/C16H13N3/c1-2-6-14-12(5-1)11-13-15(18-14)7-3-8-16(13)19-10-4-9-17-19/h1-3,5-9,11H,4,10H2. The van der Waals surface area contributed by atoms with Crippen LogP contribution in [-0.4, -0.2) is 17.7 Å². The molecule has 0 saturated heterocycles. The number of fused-ring (bicyclic) bond motifs is 2. The van der Waals surface area contributed by atoms with Crippen LogP contribution in [0.2, 0.25) is 0 Å². The number of hydrogen-bond donors (Lipinski definition) is 0. The van der Waals surface area contributed by atoms with E-state index in [-0.39, 0.29) is 0 Å². The second-order valence-electron chi connectivity index (χ2n) is 4.73. The van der Waals surface area contributed by atoms with E-state index < -0.39 is 0 Å². The molecule has 0 bridgehead atoms. The van der Waals surface area contributed by atoms with Crippen LogP contribution < -0.4 is 5.01 Å². The van der Waals surface area contributed by atoms with E-state index in [2.05, 4.69) is 40.4 Å². The van der Waals surface area contributed by atoms with Crippen LogP contribution in [-0.2, 0) is 0 Å². The van der Waals surface area contributed by atoms with Crippen molar-refractivity contribution in [2.75, 3.05) is 11.6 Å². The predicted octanol–water partition coefficient (Wildman–Crippen LogP) is 3.58. The largest absolute Gasteiger partial charge is 0.265 e. The number of hydrogen-bond acceptors (Lipinski definition) is 3. The summed E-state index contributed by atoms with van der Waals surface area (Å²) >= 11 is 0. The van der Waals surface area contributed by atoms with E-state index in [1.54, 1.807) is 0 Å². The lowest BCUT2D eigenvalue weighted by atomic mass is 10.1. The number of pyridine rings is 1. The summed E-state index contributed by atoms with van der Waals surface area (Å²) in [5.74, 6) is 0. The van der Waals surface area contributed by atoms with Gasteiger partial charge in [-0.15, -0.1) is 0 Å². The minimum absolute atomic E-state index is 0.950. The summed E-state index contributed by atoms with van der Waals surface area (Å²) in [5.41, 5.74) is 3.21. The highest BCUT2D eigenvalue weighted by atomic mass is 15.5. The minimum Gasteiger partial charge on any atom is -0.265 e. The number of aromatic nitrogens is 1. The lowest BCUT2D eigenvalue weighted by Crippen LogP contribution is -2.12. The van der Waals surface area contributed by atoms with E-state index in [0.717, 1.165) is 29.7 Å². The zero-order chi connectivity index (χ0) is 12.7. The molecule has 1 aliphatic heterocycles. The Balaban J connectivity index is 2.03. The highest BCUT2D eigenvalue weighted by molar-refractivity contribution is 5.99. The number of nitrogens with zero attached hydrogens (tertiary/aromatic N) is 3. The van der Waals surface area contributed by atoms with Crippen LogP contribution in [0, 0.1) is 0 Å². The molecule has 0 atom stereocenters. The molecule has 4 rings (SSSR count). The predicted molar refractivity (Wildman–Crippen MR) is 79.7 cm³/mol. The zero-order valence-corrected chi connectivity index (χ0v) is 10.5. The number of anilines is 1. The molecular weight excluding hydrogens is 234 g/mol. The van der Waals surface area contributed by atoms with E-state index in [9.17, 15) is 0 Å². The first-order chi connectivity index (χ1) is 9.42. The Bertz CT molecular complexity index is 792. The monoisotopic (exact) mass is 247 g/mol. The van der Waals surface area contributed by atoms with E-state index in [4.69, 9.17) is 4.98 Å². The van der Waals surface area contributed by atoms with Crippen LogP contribution in [0.5, 0.6) is 0 Å². The molecule has 0 fully saturated rings. The Hall–Kier alpha value is -2.42. The number of rotatable bonds is 1. The molecule has 2 heterocycles. The summed E-state index contributed by atoms with van der Waals surface area (Å²) in [7, 11) is 0. The molecule has 3 aromatic rings. The number of hydrazone groups is 1. The van der Waals surface area contributed by atoms with Gasteiger partial charge in [-0.3, -0.25) is 5.01 Å². The van der Waals surface area contributed by atoms with E-state index in [1.807, 2.05) is 24.4 Å². The van der Waals surface area contributed by atoms with Crippen molar-refractivity contribution in [1.82, 2.24) is 4.98 Å². The van der Waals surface area contributed by atoms with E-state index in [1.165, 1.54) is 10.8 Å². The van der Waals surface area contributed by atoms with Crippen LogP contribution in [0.15, 0.2) is 53.6 Å². The summed E-state index contributed by atoms with van der Waals surface area (Å²) in [6.07, 6.45) is 2.98. The topological polar surface area (TPSA) is 28.5 Å². The first-order valence-electron chi connectivity index (χ1n) is 6.50. The van der Waals surface area contributed by atoms with Gasteiger partial charge in [0, 0.05) is 30.0 Å². The van der Waals surface area contributed by atoms with Gasteiger partial charge in [0.2, 0.25) is 0 Å². The fourth-order valence-electron chi connectivity index (χ4n) is 2.59. The van der Waals surface area contributed by atoms with Crippen molar-refractivity contribution in [2.45, 2.75) is 6.42 Å². The van der Waals surface area contributed by atoms with Crippen LogP contribution in [0.4, 0.5) is 5.69 Å². The Labute approximate surface area is 111 Å². The number of benzene rings is 2. The third-order valence-electron chi connectivity index (χ3n) is 3.51. The van der Waals surface area contributed by atoms with Gasteiger partial charge in [0.1, 0.15) is 0 Å². The van der Waals surface area contributed by atoms with Gasteiger partial charge < -0.3 is 0 Å². The average Bonchev–Trinajstić information content (AvgIpc) is 2.98. The van der Waals surface area contributed by atoms with Crippen molar-refractivity contribution in [1.29, 1.82) is 0 Å². The average molecular weight is 247 g/mol. The fraction of sp³-hybridized carbons (Fsp3) is 0.125. The van der Waals surface area contributed by atoms with Gasteiger partial charge in [-0.25, -0.2) is 4.98 Å². The smallest absolute Gasteiger partial charge is 0.0731 e. The van der Waals surface area contributed by atoms with Crippen molar-refractivity contribution in [3.8, 4) is 0 Å². The van der Waals surface area contributed by atoms with Crippen LogP contribution in [0.1, 0.15) is 6.42 Å². The van der Waals surface area contributed by atoms with Crippen molar-refractivity contribution >= 4 is 33.7 Å². The Morgan fingerprint density at radius 2 is 1.84 bits per heavy atom. The molecule has 1 aromatic heterocycles. The molecule has 0 amide bonds. The summed E-state index contributed by atoms with van der Waals surface area (Å²) in [4.78, 5) is 4.73. The zero-order valence-electron chi connectivity index (χ0n) is 10.5. The van der Waals surface area contributed by atoms with Crippen molar-refractivity contribution in [3.05, 3.63) is 48.5 Å². The molecule has 0 unspecified atom stereocenters. The Morgan fingerprint density at radius 3 is 2.74 bits per heavy atom. The first kappa shape index (κ1) is 10.5. The van der Waals surface area contributed by atoms with Gasteiger partial charge >= 0.3 is 0 Å². The van der Waals surface area contributed by atoms with Gasteiger partial charge in [-0.05, 0) is 24.3 Å². The third kappa shape index (κ3) is 1.66. The normalized spacial score (nSPS) is 14.6. The molecular formula is C16H13N3. The maximum Gasteiger partial charge on any atom is 0.0731 e. The van der Waals surface area contributed by atoms with Crippen LogP contribution in [0.3, 0.4) is 0 Å².